The molecule has 10 aromatic rings. The molecule has 5 heteroatoms. The molecule has 11 rings (SSSR count). The summed E-state index contributed by atoms with van der Waals surface area (Å²) < 4.78 is 2.34. The van der Waals surface area contributed by atoms with Gasteiger partial charge in [-0.1, -0.05) is 158 Å². The summed E-state index contributed by atoms with van der Waals surface area (Å²) in [6.45, 7) is 0. The zero-order valence-corrected chi connectivity index (χ0v) is 30.7. The quantitative estimate of drug-likeness (QED) is 0.171. The Morgan fingerprint density at radius 3 is 1.35 bits per heavy atom. The van der Waals surface area contributed by atoms with Crippen molar-refractivity contribution >= 4 is 27.6 Å². The third kappa shape index (κ3) is 5.40. The maximum absolute atomic E-state index is 14.3. The van der Waals surface area contributed by atoms with Crippen LogP contribution in [0.5, 0.6) is 0 Å². The van der Waals surface area contributed by atoms with E-state index in [0.717, 1.165) is 72.0 Å². The standard InChI is InChI=1S/C52H32N4O/c57-49-40-24-13-23-39(37-28-30-46-44(32-37)43-31-36(33-15-5-1-6-16-33)27-29-45(43)56(46)38-21-11-4-12-22-38)47(40)48-41(49)25-14-26-42(48)52-54-50(34-17-7-2-8-18-34)53-51(55-52)35-19-9-3-10-20-35/h1-32H. The van der Waals surface area contributed by atoms with Gasteiger partial charge in [0.15, 0.2) is 23.3 Å². The Bertz CT molecular complexity index is 3120. The molecular formula is C52H32N4O. The van der Waals surface area contributed by atoms with Crippen molar-refractivity contribution in [2.75, 3.05) is 0 Å². The number of carbonyl (C=O) groups is 1. The highest BCUT2D eigenvalue weighted by Gasteiger charge is 2.32. The Balaban J connectivity index is 1.14. The second-order valence-electron chi connectivity index (χ2n) is 14.3. The predicted molar refractivity (Wildman–Crippen MR) is 230 cm³/mol. The van der Waals surface area contributed by atoms with Gasteiger partial charge in [0.25, 0.3) is 0 Å². The van der Waals surface area contributed by atoms with E-state index in [1.165, 1.54) is 5.56 Å². The van der Waals surface area contributed by atoms with Crippen LogP contribution in [0.1, 0.15) is 15.9 Å². The number of hydrogen-bond donors (Lipinski definition) is 0. The SMILES string of the molecule is O=C1c2cccc(-c3ccc4c(c3)c3cc(-c5ccccc5)ccc3n4-c3ccccc3)c2-c2c1cccc2-c1nc(-c2ccccc2)nc(-c2ccccc2)n1. The van der Waals surface area contributed by atoms with Gasteiger partial charge in [0.05, 0.1) is 11.0 Å². The molecular weight excluding hydrogens is 697 g/mol. The van der Waals surface area contributed by atoms with Crippen molar-refractivity contribution < 1.29 is 4.79 Å². The van der Waals surface area contributed by atoms with E-state index >= 15 is 0 Å². The van der Waals surface area contributed by atoms with Gasteiger partial charge in [-0.05, 0) is 58.7 Å². The van der Waals surface area contributed by atoms with Crippen LogP contribution in [0.25, 0.3) is 95.0 Å². The lowest BCUT2D eigenvalue weighted by atomic mass is 9.91. The average molecular weight is 729 g/mol. The van der Waals surface area contributed by atoms with Gasteiger partial charge in [-0.2, -0.15) is 0 Å². The first kappa shape index (κ1) is 32.7. The highest BCUT2D eigenvalue weighted by molar-refractivity contribution is 6.26. The van der Waals surface area contributed by atoms with Crippen LogP contribution in [0, 0.1) is 0 Å². The summed E-state index contributed by atoms with van der Waals surface area (Å²) in [5, 5.41) is 2.30. The Hall–Kier alpha value is -7.76. The topological polar surface area (TPSA) is 60.7 Å². The maximum atomic E-state index is 14.3. The lowest BCUT2D eigenvalue weighted by Crippen LogP contribution is -2.01. The van der Waals surface area contributed by atoms with Gasteiger partial charge in [-0.3, -0.25) is 4.79 Å². The van der Waals surface area contributed by atoms with Crippen LogP contribution >= 0.6 is 0 Å². The molecule has 0 N–H and O–H groups in total. The van der Waals surface area contributed by atoms with Crippen LogP contribution in [0.15, 0.2) is 194 Å². The first-order valence-electron chi connectivity index (χ1n) is 19.1. The molecule has 2 heterocycles. The van der Waals surface area contributed by atoms with Gasteiger partial charge in [-0.25, -0.2) is 15.0 Å². The summed E-state index contributed by atoms with van der Waals surface area (Å²) in [6.07, 6.45) is 0. The van der Waals surface area contributed by atoms with Crippen molar-refractivity contribution in [2.24, 2.45) is 0 Å². The minimum absolute atomic E-state index is 0.00131. The number of ketones is 1. The van der Waals surface area contributed by atoms with E-state index in [1.54, 1.807) is 0 Å². The lowest BCUT2D eigenvalue weighted by molar-refractivity contribution is 0.104. The summed E-state index contributed by atoms with van der Waals surface area (Å²) in [6, 6.07) is 66.3. The fourth-order valence-corrected chi connectivity index (χ4v) is 8.38. The number of fused-ring (bicyclic) bond motifs is 6. The summed E-state index contributed by atoms with van der Waals surface area (Å²) >= 11 is 0. The smallest absolute Gasteiger partial charge is 0.194 e. The third-order valence-corrected chi connectivity index (χ3v) is 11.0. The van der Waals surface area contributed by atoms with Crippen LogP contribution < -0.4 is 0 Å². The normalized spacial score (nSPS) is 11.9. The van der Waals surface area contributed by atoms with Crippen molar-refractivity contribution in [2.45, 2.75) is 0 Å². The number of carbonyl (C=O) groups excluding carboxylic acids is 1. The number of nitrogens with zero attached hydrogens (tertiary/aromatic N) is 4. The Morgan fingerprint density at radius 2 is 0.772 bits per heavy atom. The molecule has 0 unspecified atom stereocenters. The lowest BCUT2D eigenvalue weighted by Gasteiger charge is -2.14. The maximum Gasteiger partial charge on any atom is 0.194 e. The van der Waals surface area contributed by atoms with Crippen molar-refractivity contribution in [1.82, 2.24) is 19.5 Å². The second kappa shape index (κ2) is 13.2. The molecule has 2 aromatic heterocycles. The fourth-order valence-electron chi connectivity index (χ4n) is 8.38. The summed E-state index contributed by atoms with van der Waals surface area (Å²) in [7, 11) is 0. The van der Waals surface area contributed by atoms with E-state index in [4.69, 9.17) is 15.0 Å². The monoisotopic (exact) mass is 728 g/mol. The Kier molecular flexibility index (Phi) is 7.57. The minimum atomic E-state index is -0.00131. The molecule has 266 valence electrons. The molecule has 0 amide bonds. The zero-order chi connectivity index (χ0) is 37.9. The molecule has 0 saturated carbocycles. The van der Waals surface area contributed by atoms with Gasteiger partial charge < -0.3 is 4.57 Å². The molecule has 1 aliphatic carbocycles. The zero-order valence-electron chi connectivity index (χ0n) is 30.7. The van der Waals surface area contributed by atoms with Crippen LogP contribution in [0.4, 0.5) is 0 Å². The molecule has 5 nitrogen and oxygen atoms in total. The largest absolute Gasteiger partial charge is 0.309 e. The molecule has 0 radical (unpaired) electrons. The van der Waals surface area contributed by atoms with E-state index in [9.17, 15) is 4.79 Å². The van der Waals surface area contributed by atoms with E-state index in [2.05, 4.69) is 95.6 Å². The number of rotatable bonds is 6. The van der Waals surface area contributed by atoms with Crippen molar-refractivity contribution in [1.29, 1.82) is 0 Å². The molecule has 1 aliphatic rings. The van der Waals surface area contributed by atoms with Gasteiger partial charge >= 0.3 is 0 Å². The van der Waals surface area contributed by atoms with E-state index in [0.29, 0.717) is 28.6 Å². The molecule has 0 atom stereocenters. The number of hydrogen-bond acceptors (Lipinski definition) is 4. The molecule has 57 heavy (non-hydrogen) atoms. The molecule has 0 fully saturated rings. The highest BCUT2D eigenvalue weighted by atomic mass is 16.1. The van der Waals surface area contributed by atoms with Gasteiger partial charge in [0.2, 0.25) is 0 Å². The van der Waals surface area contributed by atoms with E-state index < -0.39 is 0 Å². The van der Waals surface area contributed by atoms with Crippen LogP contribution in [0.2, 0.25) is 0 Å². The summed E-state index contributed by atoms with van der Waals surface area (Å²) in [5.74, 6) is 1.67. The summed E-state index contributed by atoms with van der Waals surface area (Å²) in [5.41, 5.74) is 13.3. The molecule has 8 aromatic carbocycles. The fraction of sp³-hybridized carbons (Fsp3) is 0. The predicted octanol–water partition coefficient (Wildman–Crippen LogP) is 12.5. The first-order chi connectivity index (χ1) is 28.2. The third-order valence-electron chi connectivity index (χ3n) is 11.0. The first-order valence-corrected chi connectivity index (χ1v) is 19.1. The van der Waals surface area contributed by atoms with Gasteiger partial charge in [0.1, 0.15) is 0 Å². The summed E-state index contributed by atoms with van der Waals surface area (Å²) in [4.78, 5) is 29.4. The minimum Gasteiger partial charge on any atom is -0.309 e. The number of benzene rings is 8. The van der Waals surface area contributed by atoms with Crippen molar-refractivity contribution in [3.05, 3.63) is 205 Å². The van der Waals surface area contributed by atoms with E-state index in [1.807, 2.05) is 103 Å². The van der Waals surface area contributed by atoms with Crippen LogP contribution in [0.3, 0.4) is 0 Å². The molecule has 0 spiro atoms. The second-order valence-corrected chi connectivity index (χ2v) is 14.3. The number of aromatic nitrogens is 4. The molecule has 0 aliphatic heterocycles. The Labute approximate surface area is 329 Å². The van der Waals surface area contributed by atoms with Gasteiger partial charge in [-0.15, -0.1) is 0 Å². The van der Waals surface area contributed by atoms with Crippen molar-refractivity contribution in [3.63, 3.8) is 0 Å². The number of para-hydroxylation sites is 1. The van der Waals surface area contributed by atoms with Crippen molar-refractivity contribution in [3.8, 4) is 73.2 Å². The van der Waals surface area contributed by atoms with Crippen LogP contribution in [-0.2, 0) is 0 Å². The average Bonchev–Trinajstić information content (AvgIpc) is 3.78. The van der Waals surface area contributed by atoms with E-state index in [-0.39, 0.29) is 5.78 Å². The van der Waals surface area contributed by atoms with Gasteiger partial charge in [0, 0.05) is 55.4 Å². The highest BCUT2D eigenvalue weighted by Crippen LogP contribution is 2.48. The Morgan fingerprint density at radius 1 is 0.333 bits per heavy atom. The molecule has 0 bridgehead atoms. The molecule has 0 saturated heterocycles. The van der Waals surface area contributed by atoms with Crippen LogP contribution in [-0.4, -0.2) is 25.3 Å².